The number of alkyl halides is 2. The second-order valence-electron chi connectivity index (χ2n) is 7.34. The molecule has 9 heteroatoms. The number of carbonyl (C=O) groups excluding carboxylic acids is 1. The fraction of sp³-hybridized carbons (Fsp3) is 0.381. The van der Waals surface area contributed by atoms with Crippen LogP contribution < -0.4 is 10.3 Å². The third-order valence-electron chi connectivity index (χ3n) is 5.31. The van der Waals surface area contributed by atoms with Gasteiger partial charge in [-0.05, 0) is 24.3 Å². The summed E-state index contributed by atoms with van der Waals surface area (Å²) in [5.74, 6) is 0.445. The van der Waals surface area contributed by atoms with Gasteiger partial charge in [-0.15, -0.1) is 0 Å². The van der Waals surface area contributed by atoms with Crippen LogP contribution in [0.4, 0.5) is 8.78 Å². The van der Waals surface area contributed by atoms with E-state index in [1.54, 1.807) is 29.3 Å². The molecule has 1 fully saturated rings. The molecule has 1 amide bonds. The van der Waals surface area contributed by atoms with Crippen LogP contribution in [-0.2, 0) is 13.6 Å². The summed E-state index contributed by atoms with van der Waals surface area (Å²) in [6, 6.07) is 9.99. The highest BCUT2D eigenvalue weighted by Crippen LogP contribution is 2.29. The fourth-order valence-corrected chi connectivity index (χ4v) is 3.74. The van der Waals surface area contributed by atoms with E-state index in [-0.39, 0.29) is 29.8 Å². The molecule has 0 saturated carbocycles. The first kappa shape index (κ1) is 20.1. The number of aryl methyl sites for hydroxylation is 1. The Morgan fingerprint density at radius 2 is 1.97 bits per heavy atom. The number of nitrogens with zero attached hydrogens (tertiary/aromatic N) is 4. The molecular weight excluding hydrogens is 394 g/mol. The predicted octanol–water partition coefficient (Wildman–Crippen LogP) is 2.68. The molecule has 0 atom stereocenters. The van der Waals surface area contributed by atoms with Crippen molar-refractivity contribution in [1.82, 2.24) is 19.2 Å². The number of halogens is 2. The summed E-state index contributed by atoms with van der Waals surface area (Å²) < 4.78 is 34.3. The van der Waals surface area contributed by atoms with Crippen molar-refractivity contribution in [2.75, 3.05) is 13.1 Å². The molecule has 0 bridgehead atoms. The number of ether oxygens (including phenoxy) is 1. The van der Waals surface area contributed by atoms with Gasteiger partial charge in [0.1, 0.15) is 17.5 Å². The largest absolute Gasteiger partial charge is 0.490 e. The number of aromatic nitrogens is 3. The highest BCUT2D eigenvalue weighted by Gasteiger charge is 2.26. The van der Waals surface area contributed by atoms with Crippen molar-refractivity contribution < 1.29 is 18.3 Å². The fourth-order valence-electron chi connectivity index (χ4n) is 3.74. The average Bonchev–Trinajstić information content (AvgIpc) is 3.13. The molecule has 7 nitrogen and oxygen atoms in total. The summed E-state index contributed by atoms with van der Waals surface area (Å²) in [6.07, 6.45) is 0.433. The van der Waals surface area contributed by atoms with E-state index < -0.39 is 6.43 Å². The topological polar surface area (TPSA) is 69.4 Å². The van der Waals surface area contributed by atoms with Crippen LogP contribution in [0.15, 0.2) is 47.4 Å². The van der Waals surface area contributed by atoms with Gasteiger partial charge in [-0.25, -0.2) is 13.5 Å². The Morgan fingerprint density at radius 1 is 1.20 bits per heavy atom. The second kappa shape index (κ2) is 8.25. The van der Waals surface area contributed by atoms with Gasteiger partial charge in [-0.2, -0.15) is 5.10 Å². The van der Waals surface area contributed by atoms with Crippen molar-refractivity contribution >= 4 is 16.8 Å². The molecule has 1 saturated heterocycles. The number of piperidine rings is 1. The Hall–Kier alpha value is -3.23. The van der Waals surface area contributed by atoms with Crippen LogP contribution in [0.3, 0.4) is 0 Å². The normalized spacial score (nSPS) is 15.1. The monoisotopic (exact) mass is 416 g/mol. The molecule has 158 valence electrons. The molecule has 0 radical (unpaired) electrons. The Bertz CT molecular complexity index is 1120. The molecule has 0 N–H and O–H groups in total. The minimum absolute atomic E-state index is 0.0776. The van der Waals surface area contributed by atoms with Gasteiger partial charge in [0.15, 0.2) is 0 Å². The van der Waals surface area contributed by atoms with Gasteiger partial charge < -0.3 is 14.2 Å². The summed E-state index contributed by atoms with van der Waals surface area (Å²) >= 11 is 0. The Balaban J connectivity index is 1.41. The Kier molecular flexibility index (Phi) is 5.52. The van der Waals surface area contributed by atoms with Crippen molar-refractivity contribution in [2.24, 2.45) is 7.05 Å². The third kappa shape index (κ3) is 4.05. The second-order valence-corrected chi connectivity index (χ2v) is 7.34. The van der Waals surface area contributed by atoms with E-state index in [2.05, 4.69) is 5.10 Å². The molecule has 0 aliphatic carbocycles. The summed E-state index contributed by atoms with van der Waals surface area (Å²) in [5, 5.41) is 4.81. The number of fused-ring (bicyclic) bond motifs is 1. The maximum absolute atomic E-state index is 12.8. The smallest absolute Gasteiger partial charge is 0.274 e. The number of hydrogen-bond donors (Lipinski definition) is 0. The van der Waals surface area contributed by atoms with Crippen molar-refractivity contribution in [3.63, 3.8) is 0 Å². The van der Waals surface area contributed by atoms with Crippen molar-refractivity contribution in [1.29, 1.82) is 0 Å². The predicted molar refractivity (Wildman–Crippen MR) is 107 cm³/mol. The highest BCUT2D eigenvalue weighted by molar-refractivity contribution is 5.92. The summed E-state index contributed by atoms with van der Waals surface area (Å²) in [6.45, 7) is 0.666. The van der Waals surface area contributed by atoms with Crippen LogP contribution in [-0.4, -0.2) is 50.8 Å². The van der Waals surface area contributed by atoms with Crippen molar-refractivity contribution in [2.45, 2.75) is 31.9 Å². The van der Waals surface area contributed by atoms with E-state index in [4.69, 9.17) is 4.74 Å². The highest BCUT2D eigenvalue weighted by atomic mass is 19.3. The first-order chi connectivity index (χ1) is 14.4. The zero-order valence-electron chi connectivity index (χ0n) is 16.5. The third-order valence-corrected chi connectivity index (χ3v) is 5.31. The zero-order valence-corrected chi connectivity index (χ0v) is 16.5. The van der Waals surface area contributed by atoms with Gasteiger partial charge in [0.05, 0.1) is 12.1 Å². The van der Waals surface area contributed by atoms with E-state index >= 15 is 0 Å². The number of hydrogen-bond acceptors (Lipinski definition) is 4. The standard InChI is InChI=1S/C21H22F2N4O3/c1-25-20(28)6-5-16(24-25)21(29)26-10-7-14(8-11-26)30-18-4-2-3-17-15(18)9-12-27(17)13-19(22)23/h2-6,9,12,14,19H,7-8,10-11,13H2,1H3. The number of likely N-dealkylation sites (tertiary alicyclic amines) is 1. The first-order valence-corrected chi connectivity index (χ1v) is 9.78. The van der Waals surface area contributed by atoms with Gasteiger partial charge in [-0.1, -0.05) is 6.07 Å². The number of carbonyl (C=O) groups is 1. The number of rotatable bonds is 5. The van der Waals surface area contributed by atoms with Gasteiger partial charge in [0.2, 0.25) is 0 Å². The number of amides is 1. The van der Waals surface area contributed by atoms with E-state index in [0.717, 1.165) is 10.1 Å². The molecule has 0 spiro atoms. The van der Waals surface area contributed by atoms with Crippen molar-refractivity contribution in [3.05, 3.63) is 58.6 Å². The van der Waals surface area contributed by atoms with Gasteiger partial charge >= 0.3 is 0 Å². The van der Waals surface area contributed by atoms with Crippen molar-refractivity contribution in [3.8, 4) is 5.75 Å². The van der Waals surface area contributed by atoms with E-state index in [0.29, 0.717) is 37.2 Å². The van der Waals surface area contributed by atoms with Crippen LogP contribution in [0.1, 0.15) is 23.3 Å². The lowest BCUT2D eigenvalue weighted by atomic mass is 10.1. The maximum Gasteiger partial charge on any atom is 0.274 e. The van der Waals surface area contributed by atoms with E-state index in [1.807, 2.05) is 6.07 Å². The zero-order chi connectivity index (χ0) is 21.3. The molecule has 1 aromatic carbocycles. The minimum atomic E-state index is -2.42. The maximum atomic E-state index is 12.8. The minimum Gasteiger partial charge on any atom is -0.490 e. The van der Waals surface area contributed by atoms with Crippen LogP contribution >= 0.6 is 0 Å². The first-order valence-electron chi connectivity index (χ1n) is 9.78. The van der Waals surface area contributed by atoms with Gasteiger partial charge in [0, 0.05) is 50.6 Å². The van der Waals surface area contributed by atoms with Crippen LogP contribution in [0, 0.1) is 0 Å². The van der Waals surface area contributed by atoms with Gasteiger partial charge in [0.25, 0.3) is 17.9 Å². The average molecular weight is 416 g/mol. The van der Waals surface area contributed by atoms with Crippen LogP contribution in [0.25, 0.3) is 10.9 Å². The molecule has 1 aliphatic rings. The lowest BCUT2D eigenvalue weighted by Gasteiger charge is -2.32. The molecule has 1 aliphatic heterocycles. The Morgan fingerprint density at radius 3 is 2.67 bits per heavy atom. The lowest BCUT2D eigenvalue weighted by molar-refractivity contribution is 0.0590. The molecule has 3 aromatic rings. The molecule has 3 heterocycles. The Labute approximate surface area is 171 Å². The van der Waals surface area contributed by atoms with Gasteiger partial charge in [-0.3, -0.25) is 9.59 Å². The molecule has 30 heavy (non-hydrogen) atoms. The summed E-state index contributed by atoms with van der Waals surface area (Å²) in [7, 11) is 1.51. The number of benzene rings is 1. The quantitative estimate of drug-likeness (QED) is 0.641. The van der Waals surface area contributed by atoms with E-state index in [1.165, 1.54) is 23.7 Å². The molecule has 2 aromatic heterocycles. The lowest BCUT2D eigenvalue weighted by Crippen LogP contribution is -2.42. The molecule has 4 rings (SSSR count). The van der Waals surface area contributed by atoms with Crippen LogP contribution in [0.2, 0.25) is 0 Å². The summed E-state index contributed by atoms with van der Waals surface area (Å²) in [5.41, 5.74) is 0.679. The SMILES string of the molecule is Cn1nc(C(=O)N2CCC(Oc3cccc4c3ccn4CC(F)F)CC2)ccc1=O. The summed E-state index contributed by atoms with van der Waals surface area (Å²) in [4.78, 5) is 25.8. The molecular formula is C21H22F2N4O3. The van der Waals surface area contributed by atoms with E-state index in [9.17, 15) is 18.4 Å². The molecule has 0 unspecified atom stereocenters. The van der Waals surface area contributed by atoms with Crippen LogP contribution in [0.5, 0.6) is 5.75 Å².